The predicted molar refractivity (Wildman–Crippen MR) is 86.0 cm³/mol. The molecule has 1 heterocycles. The van der Waals surface area contributed by atoms with E-state index in [1.807, 2.05) is 24.1 Å². The van der Waals surface area contributed by atoms with Crippen molar-refractivity contribution in [2.24, 2.45) is 0 Å². The van der Waals surface area contributed by atoms with Crippen molar-refractivity contribution in [3.63, 3.8) is 0 Å². The molecule has 5 heteroatoms. The molecule has 1 unspecified atom stereocenters. The Morgan fingerprint density at radius 1 is 1.40 bits per heavy atom. The minimum Gasteiger partial charge on any atom is -0.480 e. The van der Waals surface area contributed by atoms with Crippen LogP contribution in [-0.4, -0.2) is 29.1 Å². The number of halogens is 1. The fraction of sp³-hybridized carbons (Fsp3) is 0.267. The van der Waals surface area contributed by atoms with E-state index in [2.05, 4.69) is 40.2 Å². The van der Waals surface area contributed by atoms with Crippen molar-refractivity contribution in [1.29, 1.82) is 0 Å². The van der Waals surface area contributed by atoms with Crippen molar-refractivity contribution >= 4 is 33.2 Å². The minimum atomic E-state index is -0.795. The summed E-state index contributed by atoms with van der Waals surface area (Å²) >= 11 is 5.17. The summed E-state index contributed by atoms with van der Waals surface area (Å²) in [7, 11) is 1.83. The Hall–Kier alpha value is -1.17. The average molecular weight is 354 g/mol. The van der Waals surface area contributed by atoms with Crippen LogP contribution < -0.4 is 0 Å². The maximum Gasteiger partial charge on any atom is 0.320 e. The van der Waals surface area contributed by atoms with Crippen LogP contribution in [-0.2, 0) is 11.3 Å². The Morgan fingerprint density at radius 2 is 2.15 bits per heavy atom. The van der Waals surface area contributed by atoms with Gasteiger partial charge in [0.15, 0.2) is 0 Å². The molecule has 2 rings (SSSR count). The van der Waals surface area contributed by atoms with E-state index in [9.17, 15) is 4.79 Å². The maximum atomic E-state index is 11.0. The molecule has 2 aromatic rings. The van der Waals surface area contributed by atoms with Crippen molar-refractivity contribution in [3.05, 3.63) is 45.7 Å². The lowest BCUT2D eigenvalue weighted by molar-refractivity contribution is -0.142. The number of carboxylic acid groups (broad SMARTS) is 1. The number of benzene rings is 1. The van der Waals surface area contributed by atoms with Crippen LogP contribution in [0.25, 0.3) is 10.4 Å². The molecular formula is C15H16BrNO2S. The molecule has 0 saturated carbocycles. The number of rotatable bonds is 5. The molecule has 1 aromatic carbocycles. The molecule has 0 aliphatic rings. The Balaban J connectivity index is 2.11. The third-order valence-electron chi connectivity index (χ3n) is 3.19. The number of hydrogen-bond donors (Lipinski definition) is 1. The number of carbonyl (C=O) groups is 1. The fourth-order valence-electron chi connectivity index (χ4n) is 1.83. The van der Waals surface area contributed by atoms with Gasteiger partial charge in [0.1, 0.15) is 6.04 Å². The first kappa shape index (κ1) is 15.2. The summed E-state index contributed by atoms with van der Waals surface area (Å²) in [4.78, 5) is 15.1. The third-order valence-corrected chi connectivity index (χ3v) is 4.81. The summed E-state index contributed by atoms with van der Waals surface area (Å²) in [5.41, 5.74) is 1.17. The molecule has 1 aromatic heterocycles. The van der Waals surface area contributed by atoms with Crippen LogP contribution in [0.3, 0.4) is 0 Å². The maximum absolute atomic E-state index is 11.0. The van der Waals surface area contributed by atoms with Gasteiger partial charge in [0.05, 0.1) is 0 Å². The van der Waals surface area contributed by atoms with E-state index in [4.69, 9.17) is 5.11 Å². The molecule has 0 aliphatic carbocycles. The van der Waals surface area contributed by atoms with Crippen molar-refractivity contribution in [2.45, 2.75) is 19.5 Å². The van der Waals surface area contributed by atoms with Gasteiger partial charge < -0.3 is 5.11 Å². The zero-order valence-corrected chi connectivity index (χ0v) is 13.7. The Morgan fingerprint density at radius 3 is 2.80 bits per heavy atom. The first-order valence-electron chi connectivity index (χ1n) is 6.25. The molecule has 3 nitrogen and oxygen atoms in total. The molecular weight excluding hydrogens is 338 g/mol. The van der Waals surface area contributed by atoms with Crippen LogP contribution in [0.1, 0.15) is 11.8 Å². The van der Waals surface area contributed by atoms with E-state index in [0.717, 1.165) is 9.35 Å². The van der Waals surface area contributed by atoms with Gasteiger partial charge in [0.25, 0.3) is 0 Å². The molecule has 0 saturated heterocycles. The smallest absolute Gasteiger partial charge is 0.320 e. The number of likely N-dealkylation sites (N-methyl/N-ethyl adjacent to an activating group) is 1. The number of thiophene rings is 1. The van der Waals surface area contributed by atoms with Gasteiger partial charge in [-0.2, -0.15) is 0 Å². The van der Waals surface area contributed by atoms with E-state index in [1.54, 1.807) is 18.3 Å². The van der Waals surface area contributed by atoms with Gasteiger partial charge in [-0.1, -0.05) is 28.1 Å². The van der Waals surface area contributed by atoms with Crippen LogP contribution in [0.5, 0.6) is 0 Å². The second-order valence-electron chi connectivity index (χ2n) is 4.71. The summed E-state index contributed by atoms with van der Waals surface area (Å²) < 4.78 is 1.06. The first-order valence-corrected chi connectivity index (χ1v) is 7.86. The summed E-state index contributed by atoms with van der Waals surface area (Å²) in [5.74, 6) is -0.795. The summed E-state index contributed by atoms with van der Waals surface area (Å²) in [6.07, 6.45) is 0. The van der Waals surface area contributed by atoms with E-state index in [1.165, 1.54) is 10.4 Å². The highest BCUT2D eigenvalue weighted by molar-refractivity contribution is 9.10. The molecule has 0 spiro atoms. The van der Waals surface area contributed by atoms with Gasteiger partial charge in [-0.05, 0) is 43.8 Å². The minimum absolute atomic E-state index is 0.480. The van der Waals surface area contributed by atoms with E-state index < -0.39 is 12.0 Å². The standard InChI is InChI=1S/C15H16BrNO2S/c1-10(15(18)19)17(2)9-13-6-7-14(20-13)11-4-3-5-12(16)8-11/h3-8,10H,9H2,1-2H3,(H,18,19). The van der Waals surface area contributed by atoms with Crippen molar-refractivity contribution in [1.82, 2.24) is 4.90 Å². The number of hydrogen-bond acceptors (Lipinski definition) is 3. The van der Waals surface area contributed by atoms with E-state index in [0.29, 0.717) is 6.54 Å². The molecule has 1 atom stereocenters. The van der Waals surface area contributed by atoms with E-state index in [-0.39, 0.29) is 0 Å². The van der Waals surface area contributed by atoms with Crippen molar-refractivity contribution < 1.29 is 9.90 Å². The Bertz CT molecular complexity index is 611. The zero-order chi connectivity index (χ0) is 14.7. The lowest BCUT2D eigenvalue weighted by Gasteiger charge is -2.19. The number of carboxylic acids is 1. The summed E-state index contributed by atoms with van der Waals surface area (Å²) in [5, 5.41) is 9.00. The number of aliphatic carboxylic acids is 1. The lowest BCUT2D eigenvalue weighted by Crippen LogP contribution is -2.34. The topological polar surface area (TPSA) is 40.5 Å². The van der Waals surface area contributed by atoms with Crippen LogP contribution in [0, 0.1) is 0 Å². The van der Waals surface area contributed by atoms with Crippen LogP contribution in [0.2, 0.25) is 0 Å². The van der Waals surface area contributed by atoms with E-state index >= 15 is 0 Å². The van der Waals surface area contributed by atoms with Crippen molar-refractivity contribution in [3.8, 4) is 10.4 Å². The Labute approximate surface area is 131 Å². The summed E-state index contributed by atoms with van der Waals surface area (Å²) in [6, 6.07) is 11.8. The van der Waals surface area contributed by atoms with Gasteiger partial charge in [-0.3, -0.25) is 9.69 Å². The normalized spacial score (nSPS) is 12.6. The molecule has 20 heavy (non-hydrogen) atoms. The quantitative estimate of drug-likeness (QED) is 0.880. The highest BCUT2D eigenvalue weighted by Gasteiger charge is 2.17. The van der Waals surface area contributed by atoms with Gasteiger partial charge in [0.2, 0.25) is 0 Å². The molecule has 0 amide bonds. The second-order valence-corrected chi connectivity index (χ2v) is 6.79. The molecule has 0 fully saturated rings. The molecule has 106 valence electrons. The average Bonchev–Trinajstić information content (AvgIpc) is 2.86. The van der Waals surface area contributed by atoms with Crippen molar-refractivity contribution in [2.75, 3.05) is 7.05 Å². The predicted octanol–water partition coefficient (Wildman–Crippen LogP) is 4.08. The molecule has 1 N–H and O–H groups in total. The molecule has 0 bridgehead atoms. The largest absolute Gasteiger partial charge is 0.480 e. The van der Waals surface area contributed by atoms with Gasteiger partial charge in [-0.15, -0.1) is 11.3 Å². The highest BCUT2D eigenvalue weighted by Crippen LogP contribution is 2.30. The van der Waals surface area contributed by atoms with Gasteiger partial charge in [0, 0.05) is 20.8 Å². The fourth-order valence-corrected chi connectivity index (χ4v) is 3.30. The monoisotopic (exact) mass is 353 g/mol. The SMILES string of the molecule is CC(C(=O)O)N(C)Cc1ccc(-c2cccc(Br)c2)s1. The highest BCUT2D eigenvalue weighted by atomic mass is 79.9. The van der Waals surface area contributed by atoms with Crippen LogP contribution in [0.4, 0.5) is 0 Å². The van der Waals surface area contributed by atoms with Gasteiger partial charge in [-0.25, -0.2) is 0 Å². The number of nitrogens with zero attached hydrogens (tertiary/aromatic N) is 1. The van der Waals surface area contributed by atoms with Crippen LogP contribution in [0.15, 0.2) is 40.9 Å². The second kappa shape index (κ2) is 6.52. The van der Waals surface area contributed by atoms with Crippen LogP contribution >= 0.6 is 27.3 Å². The Kier molecular flexibility index (Phi) is 4.96. The first-order chi connectivity index (χ1) is 9.47. The lowest BCUT2D eigenvalue weighted by atomic mass is 10.2. The summed E-state index contributed by atoms with van der Waals surface area (Å²) in [6.45, 7) is 2.34. The third kappa shape index (κ3) is 3.69. The molecule has 0 radical (unpaired) electrons. The molecule has 0 aliphatic heterocycles. The zero-order valence-electron chi connectivity index (χ0n) is 11.3. The van der Waals surface area contributed by atoms with Gasteiger partial charge >= 0.3 is 5.97 Å².